The molecule has 2 aromatic rings. The van der Waals surface area contributed by atoms with Gasteiger partial charge < -0.3 is 9.84 Å². The number of rotatable bonds is 3. The third-order valence-electron chi connectivity index (χ3n) is 3.36. The molecule has 0 saturated carbocycles. The number of hydrogen-bond donors (Lipinski definition) is 1. The van der Waals surface area contributed by atoms with Crippen molar-refractivity contribution in [2.24, 2.45) is 0 Å². The fourth-order valence-electron chi connectivity index (χ4n) is 2.25. The number of nitrogens with zero attached hydrogens (tertiary/aromatic N) is 1. The molecule has 1 aliphatic heterocycles. The van der Waals surface area contributed by atoms with Crippen LogP contribution in [0.2, 0.25) is 0 Å². The van der Waals surface area contributed by atoms with Crippen molar-refractivity contribution in [1.29, 1.82) is 0 Å². The Hall–Kier alpha value is -1.83. The number of methoxy groups -OCH3 is 1. The van der Waals surface area contributed by atoms with Gasteiger partial charge in [0.15, 0.2) is 15.8 Å². The first-order valence-corrected chi connectivity index (χ1v) is 8.92. The summed E-state index contributed by atoms with van der Waals surface area (Å²) in [5, 5.41) is 9.86. The number of aromatic hydroxyl groups is 1. The molecule has 1 fully saturated rings. The minimum absolute atomic E-state index is 0.0220. The molecule has 0 spiro atoms. The summed E-state index contributed by atoms with van der Waals surface area (Å²) in [6.45, 7) is 0. The molecule has 122 valence electrons. The molecule has 0 atom stereocenters. The fourth-order valence-corrected chi connectivity index (χ4v) is 3.94. The molecule has 0 bridgehead atoms. The summed E-state index contributed by atoms with van der Waals surface area (Å²) in [4.78, 5) is 14.7. The van der Waals surface area contributed by atoms with Crippen molar-refractivity contribution >= 4 is 61.9 Å². The van der Waals surface area contributed by atoms with E-state index in [-0.39, 0.29) is 11.7 Å². The molecule has 0 unspecified atom stereocenters. The van der Waals surface area contributed by atoms with Gasteiger partial charge in [-0.05, 0) is 42.0 Å². The average Bonchev–Trinajstić information content (AvgIpc) is 2.81. The van der Waals surface area contributed by atoms with Gasteiger partial charge in [0.25, 0.3) is 5.91 Å². The number of phenols is 1. The van der Waals surface area contributed by atoms with Crippen molar-refractivity contribution in [3.05, 3.63) is 57.4 Å². The number of anilines is 1. The second-order valence-electron chi connectivity index (χ2n) is 4.93. The first-order chi connectivity index (χ1) is 11.5. The highest BCUT2D eigenvalue weighted by Crippen LogP contribution is 2.37. The van der Waals surface area contributed by atoms with Gasteiger partial charge in [-0.3, -0.25) is 9.69 Å². The molecule has 0 radical (unpaired) electrons. The van der Waals surface area contributed by atoms with Crippen LogP contribution in [-0.4, -0.2) is 22.4 Å². The van der Waals surface area contributed by atoms with Crippen LogP contribution in [0.1, 0.15) is 5.56 Å². The molecular formula is C17H12BrNO3S2. The van der Waals surface area contributed by atoms with Gasteiger partial charge in [-0.15, -0.1) is 0 Å². The predicted octanol–water partition coefficient (Wildman–Crippen LogP) is 4.57. The molecule has 1 heterocycles. The summed E-state index contributed by atoms with van der Waals surface area (Å²) >= 11 is 9.98. The van der Waals surface area contributed by atoms with Crippen molar-refractivity contribution in [3.8, 4) is 11.5 Å². The number of ether oxygens (including phenoxy) is 1. The van der Waals surface area contributed by atoms with E-state index in [1.165, 1.54) is 23.8 Å². The van der Waals surface area contributed by atoms with Crippen LogP contribution in [0.3, 0.4) is 0 Å². The first kappa shape index (κ1) is 17.0. The van der Waals surface area contributed by atoms with Gasteiger partial charge in [-0.2, -0.15) is 0 Å². The van der Waals surface area contributed by atoms with Crippen LogP contribution in [0.4, 0.5) is 5.69 Å². The predicted molar refractivity (Wildman–Crippen MR) is 104 cm³/mol. The van der Waals surface area contributed by atoms with Crippen LogP contribution in [0.25, 0.3) is 6.08 Å². The van der Waals surface area contributed by atoms with E-state index in [9.17, 15) is 9.90 Å². The van der Waals surface area contributed by atoms with E-state index in [1.54, 1.807) is 24.3 Å². The van der Waals surface area contributed by atoms with Crippen molar-refractivity contribution in [3.63, 3.8) is 0 Å². The third-order valence-corrected chi connectivity index (χ3v) is 5.16. The Morgan fingerprint density at radius 2 is 2.08 bits per heavy atom. The highest BCUT2D eigenvalue weighted by atomic mass is 79.9. The number of halogens is 1. The molecule has 1 amide bonds. The number of thioether (sulfide) groups is 1. The Morgan fingerprint density at radius 3 is 2.75 bits per heavy atom. The van der Waals surface area contributed by atoms with Crippen molar-refractivity contribution in [1.82, 2.24) is 0 Å². The Kier molecular flexibility index (Phi) is 4.93. The van der Waals surface area contributed by atoms with E-state index < -0.39 is 0 Å². The molecular weight excluding hydrogens is 410 g/mol. The second kappa shape index (κ2) is 6.96. The van der Waals surface area contributed by atoms with E-state index >= 15 is 0 Å². The number of amides is 1. The summed E-state index contributed by atoms with van der Waals surface area (Å²) < 4.78 is 6.37. The summed E-state index contributed by atoms with van der Waals surface area (Å²) in [5.41, 5.74) is 1.41. The summed E-state index contributed by atoms with van der Waals surface area (Å²) in [5.74, 6) is 0.223. The molecule has 3 rings (SSSR count). The molecule has 0 aromatic heterocycles. The van der Waals surface area contributed by atoms with Gasteiger partial charge in [-0.1, -0.05) is 52.0 Å². The van der Waals surface area contributed by atoms with Crippen LogP contribution >= 0.6 is 39.9 Å². The molecule has 0 aliphatic carbocycles. The monoisotopic (exact) mass is 421 g/mol. The second-order valence-corrected chi connectivity index (χ2v) is 7.52. The quantitative estimate of drug-likeness (QED) is 0.580. The third kappa shape index (κ3) is 3.33. The van der Waals surface area contributed by atoms with Crippen LogP contribution in [-0.2, 0) is 4.79 Å². The zero-order chi connectivity index (χ0) is 17.3. The molecule has 4 nitrogen and oxygen atoms in total. The van der Waals surface area contributed by atoms with Gasteiger partial charge in [0.1, 0.15) is 0 Å². The van der Waals surface area contributed by atoms with Crippen LogP contribution < -0.4 is 9.64 Å². The van der Waals surface area contributed by atoms with E-state index in [4.69, 9.17) is 17.0 Å². The van der Waals surface area contributed by atoms with Crippen molar-refractivity contribution in [2.45, 2.75) is 0 Å². The highest BCUT2D eigenvalue weighted by molar-refractivity contribution is 9.10. The summed E-state index contributed by atoms with van der Waals surface area (Å²) in [6, 6.07) is 12.4. The smallest absolute Gasteiger partial charge is 0.270 e. The van der Waals surface area contributed by atoms with E-state index in [0.29, 0.717) is 26.2 Å². The maximum absolute atomic E-state index is 12.7. The minimum atomic E-state index is -0.182. The maximum Gasteiger partial charge on any atom is 0.270 e. The lowest BCUT2D eigenvalue weighted by Crippen LogP contribution is -2.27. The summed E-state index contributed by atoms with van der Waals surface area (Å²) in [6.07, 6.45) is 1.70. The van der Waals surface area contributed by atoms with Gasteiger partial charge in [0.05, 0.1) is 17.7 Å². The van der Waals surface area contributed by atoms with Gasteiger partial charge in [0, 0.05) is 4.47 Å². The average molecular weight is 422 g/mol. The number of phenolic OH excluding ortho intramolecular Hbond substituents is 1. The zero-order valence-corrected chi connectivity index (χ0v) is 15.7. The number of carbonyl (C=O) groups excluding carboxylic acids is 1. The van der Waals surface area contributed by atoms with Crippen LogP contribution in [0.5, 0.6) is 11.5 Å². The minimum Gasteiger partial charge on any atom is -0.504 e. The lowest BCUT2D eigenvalue weighted by molar-refractivity contribution is -0.113. The Morgan fingerprint density at radius 1 is 1.29 bits per heavy atom. The zero-order valence-electron chi connectivity index (χ0n) is 12.5. The van der Waals surface area contributed by atoms with Crippen molar-refractivity contribution < 1.29 is 14.6 Å². The normalized spacial score (nSPS) is 16.1. The lowest BCUT2D eigenvalue weighted by atomic mass is 10.2. The Balaban J connectivity index is 1.92. The largest absolute Gasteiger partial charge is 0.504 e. The highest BCUT2D eigenvalue weighted by Gasteiger charge is 2.33. The lowest BCUT2D eigenvalue weighted by Gasteiger charge is -2.14. The number of benzene rings is 2. The Labute approximate surface area is 157 Å². The van der Waals surface area contributed by atoms with Crippen LogP contribution in [0, 0.1) is 0 Å². The van der Waals surface area contributed by atoms with E-state index in [0.717, 1.165) is 4.47 Å². The maximum atomic E-state index is 12.7. The van der Waals surface area contributed by atoms with Crippen LogP contribution in [0.15, 0.2) is 51.8 Å². The molecule has 24 heavy (non-hydrogen) atoms. The molecule has 1 aliphatic rings. The van der Waals surface area contributed by atoms with Gasteiger partial charge >= 0.3 is 0 Å². The molecule has 2 aromatic carbocycles. The van der Waals surface area contributed by atoms with Gasteiger partial charge in [-0.25, -0.2) is 0 Å². The molecule has 7 heteroatoms. The number of thiocarbonyl (C=S) groups is 1. The first-order valence-electron chi connectivity index (χ1n) is 6.90. The van der Waals surface area contributed by atoms with Gasteiger partial charge in [0.2, 0.25) is 0 Å². The molecule has 1 saturated heterocycles. The van der Waals surface area contributed by atoms with E-state index in [1.807, 2.05) is 24.3 Å². The topological polar surface area (TPSA) is 49.8 Å². The summed E-state index contributed by atoms with van der Waals surface area (Å²) in [7, 11) is 1.48. The standard InChI is InChI=1S/C17H12BrNO3S2/c1-22-14-6-5-10(7-13(14)20)8-15-16(21)19(17(23)24-15)12-4-2-3-11(18)9-12/h2-9,20H,1H3. The number of carbonyl (C=O) groups is 1. The fraction of sp³-hybridized carbons (Fsp3) is 0.0588. The van der Waals surface area contributed by atoms with E-state index in [2.05, 4.69) is 15.9 Å². The Bertz CT molecular complexity index is 867. The SMILES string of the molecule is COc1ccc(C=C2SC(=S)N(c3cccc(Br)c3)C2=O)cc1O. The number of hydrogen-bond acceptors (Lipinski definition) is 5. The van der Waals surface area contributed by atoms with Crippen molar-refractivity contribution in [2.75, 3.05) is 12.0 Å². The molecule has 1 N–H and O–H groups in total.